The molecule has 0 radical (unpaired) electrons. The quantitative estimate of drug-likeness (QED) is 0.834. The number of rotatable bonds is 4. The standard InChI is InChI=1S/C16H16O3.C2H6/c1-18-15-9-13(10-16(11-15)19-2)4-3-12-5-7-14(17)8-6-12;1-2/h3-11,17H,1-2H3;1-2H3/b4-3+;. The Bertz CT molecular complexity index is 549. The van der Waals surface area contributed by atoms with Gasteiger partial charge in [-0.15, -0.1) is 0 Å². The van der Waals surface area contributed by atoms with Crippen LogP contribution in [0.15, 0.2) is 42.5 Å². The van der Waals surface area contributed by atoms with Gasteiger partial charge >= 0.3 is 0 Å². The van der Waals surface area contributed by atoms with E-state index in [2.05, 4.69) is 0 Å². The fourth-order valence-corrected chi connectivity index (χ4v) is 1.70. The Kier molecular flexibility index (Phi) is 6.88. The third-order valence-electron chi connectivity index (χ3n) is 2.74. The van der Waals surface area contributed by atoms with E-state index in [1.807, 2.05) is 56.3 Å². The molecule has 0 saturated carbocycles. The fourth-order valence-electron chi connectivity index (χ4n) is 1.70. The first-order valence-electron chi connectivity index (χ1n) is 6.91. The molecule has 0 aliphatic carbocycles. The third kappa shape index (κ3) is 5.22. The zero-order valence-corrected chi connectivity index (χ0v) is 13.0. The maximum absolute atomic E-state index is 9.22. The van der Waals surface area contributed by atoms with E-state index in [1.165, 1.54) is 0 Å². The Balaban J connectivity index is 0.00000106. The SMILES string of the molecule is CC.COc1cc(/C=C/c2ccc(O)cc2)cc(OC)c1. The number of benzene rings is 2. The van der Waals surface area contributed by atoms with Gasteiger partial charge in [-0.3, -0.25) is 0 Å². The van der Waals surface area contributed by atoms with Crippen molar-refractivity contribution in [2.75, 3.05) is 14.2 Å². The second kappa shape index (κ2) is 8.69. The molecule has 0 fully saturated rings. The van der Waals surface area contributed by atoms with Gasteiger partial charge in [0.25, 0.3) is 0 Å². The summed E-state index contributed by atoms with van der Waals surface area (Å²) < 4.78 is 10.4. The van der Waals surface area contributed by atoms with Crippen LogP contribution in [-0.4, -0.2) is 19.3 Å². The molecule has 2 aromatic carbocycles. The number of methoxy groups -OCH3 is 2. The molecule has 0 bridgehead atoms. The van der Waals surface area contributed by atoms with Crippen molar-refractivity contribution in [2.24, 2.45) is 0 Å². The lowest BCUT2D eigenvalue weighted by atomic mass is 10.1. The smallest absolute Gasteiger partial charge is 0.123 e. The van der Waals surface area contributed by atoms with Crippen LogP contribution in [0.1, 0.15) is 25.0 Å². The molecule has 0 unspecified atom stereocenters. The van der Waals surface area contributed by atoms with Gasteiger partial charge in [-0.1, -0.05) is 38.1 Å². The summed E-state index contributed by atoms with van der Waals surface area (Å²) in [6, 6.07) is 12.7. The summed E-state index contributed by atoms with van der Waals surface area (Å²) >= 11 is 0. The van der Waals surface area contributed by atoms with Crippen molar-refractivity contribution in [2.45, 2.75) is 13.8 Å². The molecule has 3 nitrogen and oxygen atoms in total. The first-order chi connectivity index (χ1) is 10.2. The zero-order valence-electron chi connectivity index (χ0n) is 13.0. The van der Waals surface area contributed by atoms with E-state index in [9.17, 15) is 5.11 Å². The van der Waals surface area contributed by atoms with E-state index in [1.54, 1.807) is 26.4 Å². The van der Waals surface area contributed by atoms with E-state index in [4.69, 9.17) is 9.47 Å². The summed E-state index contributed by atoms with van der Waals surface area (Å²) in [4.78, 5) is 0. The molecule has 0 aromatic heterocycles. The van der Waals surface area contributed by atoms with Crippen molar-refractivity contribution in [3.63, 3.8) is 0 Å². The number of phenolic OH excluding ortho intramolecular Hbond substituents is 1. The van der Waals surface area contributed by atoms with Crippen molar-refractivity contribution >= 4 is 12.2 Å². The van der Waals surface area contributed by atoms with Gasteiger partial charge in [-0.2, -0.15) is 0 Å². The van der Waals surface area contributed by atoms with Crippen LogP contribution in [0.4, 0.5) is 0 Å². The summed E-state index contributed by atoms with van der Waals surface area (Å²) in [5.74, 6) is 1.77. The third-order valence-corrected chi connectivity index (χ3v) is 2.74. The number of hydrogen-bond acceptors (Lipinski definition) is 3. The van der Waals surface area contributed by atoms with Gasteiger partial charge < -0.3 is 14.6 Å². The van der Waals surface area contributed by atoms with Gasteiger partial charge in [0, 0.05) is 6.07 Å². The Hall–Kier alpha value is -2.42. The molecule has 0 amide bonds. The molecule has 112 valence electrons. The summed E-state index contributed by atoms with van der Waals surface area (Å²) in [6.07, 6.45) is 3.94. The Morgan fingerprint density at radius 2 is 1.24 bits per heavy atom. The molecule has 1 N–H and O–H groups in total. The molecule has 0 saturated heterocycles. The topological polar surface area (TPSA) is 38.7 Å². The lowest BCUT2D eigenvalue weighted by Gasteiger charge is -2.05. The molecule has 0 aliphatic rings. The zero-order chi connectivity index (χ0) is 15.7. The molecule has 2 rings (SSSR count). The van der Waals surface area contributed by atoms with Gasteiger partial charge in [0.05, 0.1) is 14.2 Å². The summed E-state index contributed by atoms with van der Waals surface area (Å²) in [6.45, 7) is 4.00. The summed E-state index contributed by atoms with van der Waals surface area (Å²) in [5.41, 5.74) is 2.00. The molecule has 0 aliphatic heterocycles. The van der Waals surface area contributed by atoms with Crippen LogP contribution in [-0.2, 0) is 0 Å². The van der Waals surface area contributed by atoms with Crippen LogP contribution in [0.3, 0.4) is 0 Å². The van der Waals surface area contributed by atoms with E-state index in [0.29, 0.717) is 0 Å². The van der Waals surface area contributed by atoms with E-state index in [-0.39, 0.29) is 5.75 Å². The minimum absolute atomic E-state index is 0.264. The number of hydrogen-bond donors (Lipinski definition) is 1. The minimum Gasteiger partial charge on any atom is -0.508 e. The lowest BCUT2D eigenvalue weighted by Crippen LogP contribution is -1.88. The van der Waals surface area contributed by atoms with Crippen molar-refractivity contribution in [3.8, 4) is 17.2 Å². The first kappa shape index (κ1) is 16.6. The van der Waals surface area contributed by atoms with Crippen molar-refractivity contribution in [1.29, 1.82) is 0 Å². The number of ether oxygens (including phenoxy) is 2. The molecule has 0 spiro atoms. The van der Waals surface area contributed by atoms with Crippen molar-refractivity contribution in [1.82, 2.24) is 0 Å². The van der Waals surface area contributed by atoms with Crippen LogP contribution in [0.25, 0.3) is 12.2 Å². The maximum Gasteiger partial charge on any atom is 0.123 e. The summed E-state index contributed by atoms with van der Waals surface area (Å²) in [5, 5.41) is 9.22. The van der Waals surface area contributed by atoms with Crippen molar-refractivity contribution < 1.29 is 14.6 Å². The highest BCUT2D eigenvalue weighted by Gasteiger charge is 1.99. The summed E-state index contributed by atoms with van der Waals surface area (Å²) in [7, 11) is 3.25. The second-order valence-corrected chi connectivity index (χ2v) is 4.07. The monoisotopic (exact) mass is 286 g/mol. The maximum atomic E-state index is 9.22. The van der Waals surface area contributed by atoms with Crippen LogP contribution in [0.2, 0.25) is 0 Å². The van der Waals surface area contributed by atoms with E-state index < -0.39 is 0 Å². The Morgan fingerprint density at radius 3 is 1.71 bits per heavy atom. The fraction of sp³-hybridized carbons (Fsp3) is 0.222. The molecular weight excluding hydrogens is 264 g/mol. The molecule has 0 heterocycles. The number of aromatic hydroxyl groups is 1. The average Bonchev–Trinajstić information content (AvgIpc) is 2.55. The highest BCUT2D eigenvalue weighted by molar-refractivity contribution is 5.71. The molecule has 21 heavy (non-hydrogen) atoms. The van der Waals surface area contributed by atoms with Gasteiger partial charge in [-0.05, 0) is 35.4 Å². The normalized spacial score (nSPS) is 9.90. The Morgan fingerprint density at radius 1 is 0.762 bits per heavy atom. The molecular formula is C18H22O3. The van der Waals surface area contributed by atoms with Gasteiger partial charge in [0.1, 0.15) is 17.2 Å². The van der Waals surface area contributed by atoms with Gasteiger partial charge in [0.2, 0.25) is 0 Å². The van der Waals surface area contributed by atoms with Crippen LogP contribution < -0.4 is 9.47 Å². The van der Waals surface area contributed by atoms with Crippen LogP contribution >= 0.6 is 0 Å². The average molecular weight is 286 g/mol. The minimum atomic E-state index is 0.264. The van der Waals surface area contributed by atoms with E-state index >= 15 is 0 Å². The largest absolute Gasteiger partial charge is 0.508 e. The van der Waals surface area contributed by atoms with Crippen molar-refractivity contribution in [3.05, 3.63) is 53.6 Å². The van der Waals surface area contributed by atoms with Gasteiger partial charge in [0.15, 0.2) is 0 Å². The molecule has 2 aromatic rings. The van der Waals surface area contributed by atoms with Crippen LogP contribution in [0.5, 0.6) is 17.2 Å². The first-order valence-corrected chi connectivity index (χ1v) is 6.91. The molecule has 0 atom stereocenters. The predicted octanol–water partition coefficient (Wildman–Crippen LogP) is 4.61. The number of phenols is 1. The predicted molar refractivity (Wildman–Crippen MR) is 87.9 cm³/mol. The highest BCUT2D eigenvalue weighted by Crippen LogP contribution is 2.24. The van der Waals surface area contributed by atoms with Crippen LogP contribution in [0, 0.1) is 0 Å². The lowest BCUT2D eigenvalue weighted by molar-refractivity contribution is 0.394. The molecule has 3 heteroatoms. The van der Waals surface area contributed by atoms with E-state index in [0.717, 1.165) is 22.6 Å². The highest BCUT2D eigenvalue weighted by atomic mass is 16.5. The second-order valence-electron chi connectivity index (χ2n) is 4.07. The Labute approximate surface area is 126 Å². The van der Waals surface area contributed by atoms with Gasteiger partial charge in [-0.25, -0.2) is 0 Å².